The van der Waals surface area contributed by atoms with E-state index in [-0.39, 0.29) is 17.1 Å². The zero-order chi connectivity index (χ0) is 19.4. The summed E-state index contributed by atoms with van der Waals surface area (Å²) >= 11 is 0. The van der Waals surface area contributed by atoms with Gasteiger partial charge in [0.05, 0.1) is 4.90 Å². The summed E-state index contributed by atoms with van der Waals surface area (Å²) in [6.07, 6.45) is 0.100. The first kappa shape index (κ1) is 18.9. The Morgan fingerprint density at radius 2 is 1.63 bits per heavy atom. The quantitative estimate of drug-likeness (QED) is 0.577. The molecule has 3 rings (SSSR count). The Labute approximate surface area is 157 Å². The summed E-state index contributed by atoms with van der Waals surface area (Å²) in [6.45, 7) is 0. The Balaban J connectivity index is 1.74. The van der Waals surface area contributed by atoms with Crippen LogP contribution in [0.1, 0.15) is 5.56 Å². The van der Waals surface area contributed by atoms with Crippen LogP contribution in [-0.4, -0.2) is 36.5 Å². The number of carbonyl (C=O) groups is 1. The molecule has 0 saturated heterocycles. The zero-order valence-corrected chi connectivity index (χ0v) is 15.2. The van der Waals surface area contributed by atoms with Gasteiger partial charge in [0.1, 0.15) is 17.7 Å². The van der Waals surface area contributed by atoms with Gasteiger partial charge in [-0.3, -0.25) is 10.1 Å². The van der Waals surface area contributed by atoms with Crippen molar-refractivity contribution in [2.75, 3.05) is 5.88 Å². The smallest absolute Gasteiger partial charge is 0.321 e. The molecule has 0 aliphatic carbocycles. The Morgan fingerprint density at radius 3 is 2.30 bits per heavy atom. The van der Waals surface area contributed by atoms with Gasteiger partial charge in [-0.1, -0.05) is 42.5 Å². The van der Waals surface area contributed by atoms with Gasteiger partial charge < -0.3 is 10.2 Å². The highest BCUT2D eigenvalue weighted by atomic mass is 32.2. The molecule has 0 aromatic heterocycles. The Hall–Kier alpha value is -2.90. The molecule has 0 spiro atoms. The molecule has 1 atom stereocenters. The summed E-state index contributed by atoms with van der Waals surface area (Å²) in [5.74, 6) is -1.55. The molecule has 0 radical (unpaired) electrons. The fourth-order valence-corrected chi connectivity index (χ4v) is 3.94. The molecule has 0 bridgehead atoms. The highest BCUT2D eigenvalue weighted by molar-refractivity contribution is 7.91. The first-order chi connectivity index (χ1) is 12.8. The molecule has 6 nitrogen and oxygen atoms in total. The van der Waals surface area contributed by atoms with Crippen LogP contribution in [-0.2, 0) is 21.1 Å². The number of sulfone groups is 1. The number of aliphatic carboxylic acids is 1. The second kappa shape index (κ2) is 7.77. The lowest BCUT2D eigenvalue weighted by Gasteiger charge is -2.15. The van der Waals surface area contributed by atoms with Crippen molar-refractivity contribution in [2.24, 2.45) is 0 Å². The minimum Gasteiger partial charge on any atom is -0.508 e. The maximum Gasteiger partial charge on any atom is 0.321 e. The van der Waals surface area contributed by atoms with E-state index in [0.717, 1.165) is 10.8 Å². The van der Waals surface area contributed by atoms with Crippen LogP contribution < -0.4 is 5.32 Å². The minimum absolute atomic E-state index is 0.0810. The molecular weight excluding hydrogens is 366 g/mol. The Bertz CT molecular complexity index is 1060. The lowest BCUT2D eigenvalue weighted by atomic mass is 10.1. The third-order valence-corrected chi connectivity index (χ3v) is 5.79. The van der Waals surface area contributed by atoms with E-state index < -0.39 is 27.7 Å². The summed E-state index contributed by atoms with van der Waals surface area (Å²) in [4.78, 5) is 11.6. The van der Waals surface area contributed by atoms with Crippen molar-refractivity contribution in [1.82, 2.24) is 5.32 Å². The number of phenols is 1. The molecule has 27 heavy (non-hydrogen) atoms. The third kappa shape index (κ3) is 4.64. The van der Waals surface area contributed by atoms with Gasteiger partial charge in [0, 0.05) is 0 Å². The van der Waals surface area contributed by atoms with Crippen LogP contribution in [0.15, 0.2) is 71.6 Å². The number of rotatable bonds is 7. The van der Waals surface area contributed by atoms with E-state index in [1.807, 2.05) is 24.3 Å². The number of fused-ring (bicyclic) bond motifs is 1. The second-order valence-corrected chi connectivity index (χ2v) is 8.22. The summed E-state index contributed by atoms with van der Waals surface area (Å²) < 4.78 is 25.2. The fraction of sp³-hybridized carbons (Fsp3) is 0.150. The van der Waals surface area contributed by atoms with Crippen LogP contribution in [0.4, 0.5) is 0 Å². The summed E-state index contributed by atoms with van der Waals surface area (Å²) in [5.41, 5.74) is 0.677. The highest BCUT2D eigenvalue weighted by Gasteiger charge is 2.22. The lowest BCUT2D eigenvalue weighted by Crippen LogP contribution is -2.41. The number of hydrogen-bond donors (Lipinski definition) is 3. The van der Waals surface area contributed by atoms with E-state index in [1.54, 1.807) is 24.3 Å². The highest BCUT2D eigenvalue weighted by Crippen LogP contribution is 2.20. The molecule has 0 heterocycles. The first-order valence-electron chi connectivity index (χ1n) is 8.31. The molecule has 3 aromatic carbocycles. The van der Waals surface area contributed by atoms with Gasteiger partial charge in [0.2, 0.25) is 0 Å². The van der Waals surface area contributed by atoms with E-state index in [0.29, 0.717) is 5.56 Å². The van der Waals surface area contributed by atoms with Gasteiger partial charge in [0.25, 0.3) is 0 Å². The van der Waals surface area contributed by atoms with Gasteiger partial charge >= 0.3 is 5.97 Å². The topological polar surface area (TPSA) is 104 Å². The van der Waals surface area contributed by atoms with Crippen molar-refractivity contribution < 1.29 is 23.4 Å². The van der Waals surface area contributed by atoms with Crippen LogP contribution in [0.5, 0.6) is 5.75 Å². The SMILES string of the molecule is O=C(O)[C@H](Cc1ccc(O)cc1)NCS(=O)(=O)c1ccc2ccccc2c1. The van der Waals surface area contributed by atoms with Crippen LogP contribution in [0.25, 0.3) is 10.8 Å². The number of hydrogen-bond acceptors (Lipinski definition) is 5. The van der Waals surface area contributed by atoms with E-state index in [2.05, 4.69) is 5.32 Å². The molecule has 0 fully saturated rings. The number of carboxylic acid groups (broad SMARTS) is 1. The number of phenolic OH excluding ortho intramolecular Hbond substituents is 1. The fourth-order valence-electron chi connectivity index (χ4n) is 2.77. The number of nitrogens with one attached hydrogen (secondary N) is 1. The molecule has 3 aromatic rings. The van der Waals surface area contributed by atoms with E-state index in [9.17, 15) is 23.4 Å². The standard InChI is InChI=1S/C20H19NO5S/c22-17-8-5-14(6-9-17)11-19(20(23)24)21-13-27(25,26)18-10-7-15-3-1-2-4-16(15)12-18/h1-10,12,19,21-22H,11,13H2,(H,23,24)/t19-/m0/s1. The minimum atomic E-state index is -3.69. The van der Waals surface area contributed by atoms with Gasteiger partial charge in [-0.25, -0.2) is 8.42 Å². The number of aromatic hydroxyl groups is 1. The lowest BCUT2D eigenvalue weighted by molar-refractivity contribution is -0.139. The molecular formula is C20H19NO5S. The predicted octanol–water partition coefficient (Wildman–Crippen LogP) is 2.56. The number of carboxylic acids is 1. The number of benzene rings is 3. The van der Waals surface area contributed by atoms with Crippen LogP contribution in [0, 0.1) is 0 Å². The summed E-state index contributed by atoms with van der Waals surface area (Å²) in [5, 5.41) is 23.0. The average molecular weight is 385 g/mol. The largest absolute Gasteiger partial charge is 0.508 e. The van der Waals surface area contributed by atoms with Gasteiger partial charge in [0.15, 0.2) is 9.84 Å². The normalized spacial score (nSPS) is 12.7. The Kier molecular flexibility index (Phi) is 5.43. The van der Waals surface area contributed by atoms with Gasteiger partial charge in [-0.15, -0.1) is 0 Å². The molecule has 0 aliphatic heterocycles. The molecule has 0 aliphatic rings. The second-order valence-electron chi connectivity index (χ2n) is 6.23. The Morgan fingerprint density at radius 1 is 0.963 bits per heavy atom. The third-order valence-electron chi connectivity index (χ3n) is 4.27. The van der Waals surface area contributed by atoms with Crippen molar-refractivity contribution >= 4 is 26.6 Å². The van der Waals surface area contributed by atoms with E-state index in [1.165, 1.54) is 18.2 Å². The summed E-state index contributed by atoms with van der Waals surface area (Å²) in [6, 6.07) is 17.3. The van der Waals surface area contributed by atoms with Gasteiger partial charge in [-0.05, 0) is 47.0 Å². The van der Waals surface area contributed by atoms with Crippen LogP contribution >= 0.6 is 0 Å². The van der Waals surface area contributed by atoms with E-state index >= 15 is 0 Å². The monoisotopic (exact) mass is 385 g/mol. The molecule has 0 amide bonds. The van der Waals surface area contributed by atoms with E-state index in [4.69, 9.17) is 0 Å². The van der Waals surface area contributed by atoms with Crippen LogP contribution in [0.3, 0.4) is 0 Å². The van der Waals surface area contributed by atoms with Crippen molar-refractivity contribution in [3.8, 4) is 5.75 Å². The predicted molar refractivity (Wildman–Crippen MR) is 102 cm³/mol. The van der Waals surface area contributed by atoms with Crippen molar-refractivity contribution in [2.45, 2.75) is 17.4 Å². The average Bonchev–Trinajstić information content (AvgIpc) is 2.66. The maximum atomic E-state index is 12.6. The maximum absolute atomic E-state index is 12.6. The van der Waals surface area contributed by atoms with Crippen LogP contribution in [0.2, 0.25) is 0 Å². The zero-order valence-electron chi connectivity index (χ0n) is 14.4. The van der Waals surface area contributed by atoms with Gasteiger partial charge in [-0.2, -0.15) is 0 Å². The molecule has 140 valence electrons. The summed E-state index contributed by atoms with van der Waals surface area (Å²) in [7, 11) is -3.69. The molecule has 0 unspecified atom stereocenters. The van der Waals surface area contributed by atoms with Crippen molar-refractivity contribution in [3.63, 3.8) is 0 Å². The molecule has 0 saturated carbocycles. The molecule has 7 heteroatoms. The first-order valence-corrected chi connectivity index (χ1v) is 9.96. The van der Waals surface area contributed by atoms with Crippen molar-refractivity contribution in [1.29, 1.82) is 0 Å². The molecule has 3 N–H and O–H groups in total. The van der Waals surface area contributed by atoms with Crippen molar-refractivity contribution in [3.05, 3.63) is 72.3 Å².